The van der Waals surface area contributed by atoms with Crippen molar-refractivity contribution in [1.82, 2.24) is 10.6 Å². The molecule has 0 unspecified atom stereocenters. The molecule has 1 fully saturated rings. The summed E-state index contributed by atoms with van der Waals surface area (Å²) in [5.74, 6) is 1.72. The maximum absolute atomic E-state index is 11.9. The first kappa shape index (κ1) is 15.8. The highest BCUT2D eigenvalue weighted by atomic mass is 16.5. The smallest absolute Gasteiger partial charge is 0.220 e. The van der Waals surface area contributed by atoms with Gasteiger partial charge in [-0.25, -0.2) is 0 Å². The van der Waals surface area contributed by atoms with E-state index >= 15 is 0 Å². The van der Waals surface area contributed by atoms with E-state index in [9.17, 15) is 4.79 Å². The molecule has 4 nitrogen and oxygen atoms in total. The van der Waals surface area contributed by atoms with Crippen LogP contribution in [0.15, 0.2) is 18.2 Å². The van der Waals surface area contributed by atoms with Gasteiger partial charge in [-0.15, -0.1) is 0 Å². The third kappa shape index (κ3) is 5.05. The quantitative estimate of drug-likeness (QED) is 0.846. The van der Waals surface area contributed by atoms with Crippen LogP contribution in [0.25, 0.3) is 0 Å². The first-order valence-electron chi connectivity index (χ1n) is 7.80. The predicted molar refractivity (Wildman–Crippen MR) is 84.4 cm³/mol. The van der Waals surface area contributed by atoms with Crippen LogP contribution in [-0.4, -0.2) is 26.1 Å². The lowest BCUT2D eigenvalue weighted by Gasteiger charge is -2.22. The van der Waals surface area contributed by atoms with Crippen molar-refractivity contribution >= 4 is 5.91 Å². The highest BCUT2D eigenvalue weighted by Gasteiger charge is 2.14. The zero-order valence-corrected chi connectivity index (χ0v) is 13.1. The van der Waals surface area contributed by atoms with E-state index in [1.54, 1.807) is 7.11 Å². The second-order valence-corrected chi connectivity index (χ2v) is 5.81. The Hall–Kier alpha value is -1.55. The number of aryl methyl sites for hydroxylation is 1. The molecule has 0 aliphatic carbocycles. The third-order valence-electron chi connectivity index (χ3n) is 4.20. The number of piperidine rings is 1. The fourth-order valence-electron chi connectivity index (χ4n) is 2.77. The average Bonchev–Trinajstić information content (AvgIpc) is 2.53. The molecule has 2 rings (SSSR count). The van der Waals surface area contributed by atoms with E-state index in [-0.39, 0.29) is 5.91 Å². The van der Waals surface area contributed by atoms with Crippen LogP contribution in [0.1, 0.15) is 36.8 Å². The molecule has 1 aliphatic rings. The molecule has 116 valence electrons. The highest BCUT2D eigenvalue weighted by molar-refractivity contribution is 5.75. The Labute approximate surface area is 127 Å². The molecule has 1 amide bonds. The molecule has 1 saturated heterocycles. The Morgan fingerprint density at radius 3 is 2.86 bits per heavy atom. The van der Waals surface area contributed by atoms with Crippen molar-refractivity contribution in [2.45, 2.75) is 39.2 Å². The molecule has 0 atom stereocenters. The minimum Gasteiger partial charge on any atom is -0.496 e. The number of benzene rings is 1. The summed E-state index contributed by atoms with van der Waals surface area (Å²) in [5.41, 5.74) is 2.19. The molecular weight excluding hydrogens is 264 g/mol. The summed E-state index contributed by atoms with van der Waals surface area (Å²) in [4.78, 5) is 11.9. The summed E-state index contributed by atoms with van der Waals surface area (Å²) < 4.78 is 5.30. The first-order chi connectivity index (χ1) is 10.2. The molecule has 1 heterocycles. The van der Waals surface area contributed by atoms with Crippen LogP contribution >= 0.6 is 0 Å². The van der Waals surface area contributed by atoms with Gasteiger partial charge in [-0.05, 0) is 62.4 Å². The van der Waals surface area contributed by atoms with Gasteiger partial charge in [-0.3, -0.25) is 4.79 Å². The first-order valence-corrected chi connectivity index (χ1v) is 7.80. The summed E-state index contributed by atoms with van der Waals surface area (Å²) in [6.45, 7) is 4.77. The number of ether oxygens (including phenoxy) is 1. The van der Waals surface area contributed by atoms with Crippen LogP contribution in [0.4, 0.5) is 0 Å². The number of carbonyl (C=O) groups is 1. The normalized spacial score (nSPS) is 15.7. The molecule has 4 heteroatoms. The van der Waals surface area contributed by atoms with Crippen molar-refractivity contribution in [1.29, 1.82) is 0 Å². The van der Waals surface area contributed by atoms with Gasteiger partial charge in [0.2, 0.25) is 5.91 Å². The van der Waals surface area contributed by atoms with Crippen LogP contribution in [0.3, 0.4) is 0 Å². The average molecular weight is 290 g/mol. The van der Waals surface area contributed by atoms with Gasteiger partial charge in [0.05, 0.1) is 7.11 Å². The van der Waals surface area contributed by atoms with Gasteiger partial charge in [-0.1, -0.05) is 12.1 Å². The summed E-state index contributed by atoms with van der Waals surface area (Å²) in [7, 11) is 1.67. The number of nitrogens with one attached hydrogen (secondary N) is 2. The molecule has 1 aliphatic heterocycles. The van der Waals surface area contributed by atoms with Gasteiger partial charge in [0.25, 0.3) is 0 Å². The minimum atomic E-state index is 0.146. The Morgan fingerprint density at radius 1 is 1.38 bits per heavy atom. The van der Waals surface area contributed by atoms with Crippen LogP contribution in [0.5, 0.6) is 5.75 Å². The number of hydrogen-bond donors (Lipinski definition) is 2. The number of carbonyl (C=O) groups excluding carboxylic acids is 1. The number of hydrogen-bond acceptors (Lipinski definition) is 3. The van der Waals surface area contributed by atoms with E-state index in [1.807, 2.05) is 25.1 Å². The lowest BCUT2D eigenvalue weighted by Crippen LogP contribution is -2.29. The molecule has 0 bridgehead atoms. The second-order valence-electron chi connectivity index (χ2n) is 5.81. The standard InChI is InChI=1S/C17H26N2O2/c1-13-3-4-15(11-16(13)21-2)12-19-17(20)6-5-14-7-9-18-10-8-14/h3-4,11,14,18H,5-10,12H2,1-2H3,(H,19,20). The van der Waals surface area contributed by atoms with Gasteiger partial charge in [-0.2, -0.15) is 0 Å². The van der Waals surface area contributed by atoms with Gasteiger partial charge in [0.1, 0.15) is 5.75 Å². The van der Waals surface area contributed by atoms with Crippen LogP contribution in [0.2, 0.25) is 0 Å². The maximum atomic E-state index is 11.9. The summed E-state index contributed by atoms with van der Waals surface area (Å²) in [5, 5.41) is 6.35. The molecule has 0 spiro atoms. The zero-order chi connectivity index (χ0) is 15.1. The molecule has 0 saturated carbocycles. The lowest BCUT2D eigenvalue weighted by atomic mass is 9.93. The maximum Gasteiger partial charge on any atom is 0.220 e. The minimum absolute atomic E-state index is 0.146. The Morgan fingerprint density at radius 2 is 2.14 bits per heavy atom. The largest absolute Gasteiger partial charge is 0.496 e. The van der Waals surface area contributed by atoms with Crippen molar-refractivity contribution in [3.05, 3.63) is 29.3 Å². The van der Waals surface area contributed by atoms with E-state index in [2.05, 4.69) is 10.6 Å². The molecule has 2 N–H and O–H groups in total. The van der Waals surface area contributed by atoms with Crippen LogP contribution in [-0.2, 0) is 11.3 Å². The fraction of sp³-hybridized carbons (Fsp3) is 0.588. The number of methoxy groups -OCH3 is 1. The number of amides is 1. The van der Waals surface area contributed by atoms with Crippen LogP contribution in [0, 0.1) is 12.8 Å². The van der Waals surface area contributed by atoms with E-state index < -0.39 is 0 Å². The van der Waals surface area contributed by atoms with Crippen molar-refractivity contribution in [3.8, 4) is 5.75 Å². The van der Waals surface area contributed by atoms with Crippen molar-refractivity contribution in [3.63, 3.8) is 0 Å². The van der Waals surface area contributed by atoms with Gasteiger partial charge >= 0.3 is 0 Å². The molecule has 1 aromatic rings. The van der Waals surface area contributed by atoms with Gasteiger partial charge in [0.15, 0.2) is 0 Å². The summed E-state index contributed by atoms with van der Waals surface area (Å²) >= 11 is 0. The Bertz CT molecular complexity index is 468. The van der Waals surface area contributed by atoms with E-state index in [4.69, 9.17) is 4.74 Å². The van der Waals surface area contributed by atoms with E-state index in [0.29, 0.717) is 18.9 Å². The van der Waals surface area contributed by atoms with Gasteiger partial charge < -0.3 is 15.4 Å². The number of rotatable bonds is 6. The lowest BCUT2D eigenvalue weighted by molar-refractivity contribution is -0.121. The highest BCUT2D eigenvalue weighted by Crippen LogP contribution is 2.19. The molecule has 21 heavy (non-hydrogen) atoms. The van der Waals surface area contributed by atoms with Crippen LogP contribution < -0.4 is 15.4 Å². The third-order valence-corrected chi connectivity index (χ3v) is 4.20. The molecular formula is C17H26N2O2. The molecule has 1 aromatic carbocycles. The summed E-state index contributed by atoms with van der Waals surface area (Å²) in [6.07, 6.45) is 4.03. The molecule has 0 radical (unpaired) electrons. The van der Waals surface area contributed by atoms with Crippen molar-refractivity contribution in [2.75, 3.05) is 20.2 Å². The second kappa shape index (κ2) is 8.03. The topological polar surface area (TPSA) is 50.4 Å². The van der Waals surface area contributed by atoms with E-state index in [1.165, 1.54) is 12.8 Å². The monoisotopic (exact) mass is 290 g/mol. The SMILES string of the molecule is COc1cc(CNC(=O)CCC2CCNCC2)ccc1C. The fourth-order valence-corrected chi connectivity index (χ4v) is 2.77. The van der Waals surface area contributed by atoms with Gasteiger partial charge in [0, 0.05) is 13.0 Å². The zero-order valence-electron chi connectivity index (χ0n) is 13.1. The predicted octanol–water partition coefficient (Wildman–Crippen LogP) is 2.40. The van der Waals surface area contributed by atoms with Crippen molar-refractivity contribution in [2.24, 2.45) is 5.92 Å². The van der Waals surface area contributed by atoms with Crippen molar-refractivity contribution < 1.29 is 9.53 Å². The Kier molecular flexibility index (Phi) is 6.05. The summed E-state index contributed by atoms with van der Waals surface area (Å²) in [6, 6.07) is 6.04. The molecule has 0 aromatic heterocycles. The van der Waals surface area contributed by atoms with E-state index in [0.717, 1.165) is 36.4 Å². The Balaban J connectivity index is 1.73.